The topological polar surface area (TPSA) is 57.4 Å². The smallest absolute Gasteiger partial charge is 0.258 e. The molecule has 1 unspecified atom stereocenters. The number of halogens is 1. The van der Waals surface area contributed by atoms with Gasteiger partial charge in [0.25, 0.3) is 5.89 Å². The Morgan fingerprint density at radius 2 is 2.22 bits per heavy atom. The normalized spacial score (nSPS) is 19.9. The number of rotatable bonds is 2. The summed E-state index contributed by atoms with van der Waals surface area (Å²) in [5.74, 6) is 1.02. The summed E-state index contributed by atoms with van der Waals surface area (Å²) in [7, 11) is 0. The number of aromatic nitrogens is 2. The van der Waals surface area contributed by atoms with Crippen molar-refractivity contribution in [2.75, 3.05) is 19.8 Å². The van der Waals surface area contributed by atoms with Gasteiger partial charge in [-0.05, 0) is 12.1 Å². The molecule has 1 aliphatic heterocycles. The van der Waals surface area contributed by atoms with Crippen LogP contribution in [0.3, 0.4) is 0 Å². The molecule has 0 N–H and O–H groups in total. The Balaban J connectivity index is 1.84. The van der Waals surface area contributed by atoms with Crippen molar-refractivity contribution in [1.82, 2.24) is 10.1 Å². The van der Waals surface area contributed by atoms with Crippen molar-refractivity contribution in [3.63, 3.8) is 0 Å². The molecule has 2 aromatic rings. The van der Waals surface area contributed by atoms with Crippen molar-refractivity contribution >= 4 is 15.9 Å². The van der Waals surface area contributed by atoms with Crippen LogP contribution in [0.15, 0.2) is 33.3 Å². The van der Waals surface area contributed by atoms with Crippen molar-refractivity contribution in [3.05, 3.63) is 34.6 Å². The summed E-state index contributed by atoms with van der Waals surface area (Å²) < 4.78 is 17.0. The Bertz CT molecular complexity index is 538. The second-order valence-electron chi connectivity index (χ2n) is 3.90. The summed E-state index contributed by atoms with van der Waals surface area (Å²) in [6, 6.07) is 7.74. The molecule has 94 valence electrons. The number of nitrogens with zero attached hydrogens (tertiary/aromatic N) is 2. The molecule has 1 aromatic carbocycles. The minimum absolute atomic E-state index is 0.257. The van der Waals surface area contributed by atoms with Crippen LogP contribution >= 0.6 is 15.9 Å². The SMILES string of the molecule is Brc1cccc(-c2noc(C3COCCO3)n2)c1. The molecule has 6 heteroatoms. The predicted octanol–water partition coefficient (Wildman–Crippen LogP) is 2.59. The van der Waals surface area contributed by atoms with E-state index < -0.39 is 0 Å². The van der Waals surface area contributed by atoms with Gasteiger partial charge in [0, 0.05) is 10.0 Å². The molecule has 0 spiro atoms. The number of hydrogen-bond donors (Lipinski definition) is 0. The van der Waals surface area contributed by atoms with Crippen LogP contribution in [-0.4, -0.2) is 30.0 Å². The summed E-state index contributed by atoms with van der Waals surface area (Å²) >= 11 is 3.41. The van der Waals surface area contributed by atoms with E-state index in [4.69, 9.17) is 14.0 Å². The highest BCUT2D eigenvalue weighted by atomic mass is 79.9. The molecule has 18 heavy (non-hydrogen) atoms. The van der Waals surface area contributed by atoms with Crippen LogP contribution < -0.4 is 0 Å². The largest absolute Gasteiger partial charge is 0.376 e. The molecular formula is C12H11BrN2O3. The molecule has 0 aliphatic carbocycles. The lowest BCUT2D eigenvalue weighted by Crippen LogP contribution is -2.22. The van der Waals surface area contributed by atoms with Crippen LogP contribution in [0.5, 0.6) is 0 Å². The third kappa shape index (κ3) is 2.45. The van der Waals surface area contributed by atoms with E-state index in [2.05, 4.69) is 26.1 Å². The molecule has 0 bridgehead atoms. The van der Waals surface area contributed by atoms with Gasteiger partial charge in [-0.3, -0.25) is 0 Å². The van der Waals surface area contributed by atoms with E-state index in [1.54, 1.807) is 0 Å². The van der Waals surface area contributed by atoms with Gasteiger partial charge in [-0.25, -0.2) is 0 Å². The van der Waals surface area contributed by atoms with Crippen molar-refractivity contribution in [2.24, 2.45) is 0 Å². The Morgan fingerprint density at radius 3 is 3.00 bits per heavy atom. The third-order valence-electron chi connectivity index (χ3n) is 2.62. The van der Waals surface area contributed by atoms with E-state index >= 15 is 0 Å². The third-order valence-corrected chi connectivity index (χ3v) is 3.11. The minimum atomic E-state index is -0.257. The molecule has 1 aliphatic rings. The van der Waals surface area contributed by atoms with Crippen molar-refractivity contribution in [1.29, 1.82) is 0 Å². The Labute approximate surface area is 112 Å². The zero-order chi connectivity index (χ0) is 12.4. The maximum atomic E-state index is 5.51. The van der Waals surface area contributed by atoms with Gasteiger partial charge >= 0.3 is 0 Å². The van der Waals surface area contributed by atoms with Gasteiger partial charge in [0.15, 0.2) is 6.10 Å². The van der Waals surface area contributed by atoms with E-state index in [0.717, 1.165) is 10.0 Å². The quantitative estimate of drug-likeness (QED) is 0.853. The highest BCUT2D eigenvalue weighted by molar-refractivity contribution is 9.10. The Kier molecular flexibility index (Phi) is 3.40. The summed E-state index contributed by atoms with van der Waals surface area (Å²) in [5.41, 5.74) is 0.899. The van der Waals surface area contributed by atoms with Crippen LogP contribution in [0.2, 0.25) is 0 Å². The van der Waals surface area contributed by atoms with Gasteiger partial charge in [-0.15, -0.1) is 0 Å². The first-order valence-electron chi connectivity index (χ1n) is 5.62. The summed E-state index contributed by atoms with van der Waals surface area (Å²) in [6.07, 6.45) is -0.257. The molecule has 2 heterocycles. The van der Waals surface area contributed by atoms with Gasteiger partial charge < -0.3 is 14.0 Å². The number of ether oxygens (including phenoxy) is 2. The monoisotopic (exact) mass is 310 g/mol. The highest BCUT2D eigenvalue weighted by Crippen LogP contribution is 2.24. The van der Waals surface area contributed by atoms with Gasteiger partial charge in [-0.2, -0.15) is 4.98 Å². The van der Waals surface area contributed by atoms with Crippen molar-refractivity contribution < 1.29 is 14.0 Å². The zero-order valence-electron chi connectivity index (χ0n) is 9.51. The first-order valence-corrected chi connectivity index (χ1v) is 6.41. The average molecular weight is 311 g/mol. The molecule has 1 aromatic heterocycles. The standard InChI is InChI=1S/C12H11BrN2O3/c13-9-3-1-2-8(6-9)11-14-12(18-15-11)10-7-16-4-5-17-10/h1-3,6,10H,4-5,7H2. The molecule has 1 atom stereocenters. The van der Waals surface area contributed by atoms with E-state index in [9.17, 15) is 0 Å². The van der Waals surface area contributed by atoms with E-state index in [1.807, 2.05) is 24.3 Å². The lowest BCUT2D eigenvalue weighted by Gasteiger charge is -2.19. The fourth-order valence-electron chi connectivity index (χ4n) is 1.74. The zero-order valence-corrected chi connectivity index (χ0v) is 11.1. The second-order valence-corrected chi connectivity index (χ2v) is 4.82. The predicted molar refractivity (Wildman–Crippen MR) is 66.9 cm³/mol. The van der Waals surface area contributed by atoms with Gasteiger partial charge in [0.1, 0.15) is 0 Å². The van der Waals surface area contributed by atoms with Crippen LogP contribution in [0.1, 0.15) is 12.0 Å². The van der Waals surface area contributed by atoms with E-state index in [-0.39, 0.29) is 6.10 Å². The number of benzene rings is 1. The molecule has 5 nitrogen and oxygen atoms in total. The van der Waals surface area contributed by atoms with Crippen LogP contribution in [0.25, 0.3) is 11.4 Å². The lowest BCUT2D eigenvalue weighted by atomic mass is 10.2. The average Bonchev–Trinajstić information content (AvgIpc) is 2.89. The van der Waals surface area contributed by atoms with Gasteiger partial charge in [0.05, 0.1) is 19.8 Å². The summed E-state index contributed by atoms with van der Waals surface area (Å²) in [4.78, 5) is 4.34. The van der Waals surface area contributed by atoms with Crippen LogP contribution in [0, 0.1) is 0 Å². The fraction of sp³-hybridized carbons (Fsp3) is 0.333. The van der Waals surface area contributed by atoms with Crippen molar-refractivity contribution in [2.45, 2.75) is 6.10 Å². The van der Waals surface area contributed by atoms with E-state index in [0.29, 0.717) is 31.5 Å². The van der Waals surface area contributed by atoms with Crippen LogP contribution in [-0.2, 0) is 9.47 Å². The Morgan fingerprint density at radius 1 is 1.28 bits per heavy atom. The molecule has 1 saturated heterocycles. The summed E-state index contributed by atoms with van der Waals surface area (Å²) in [6.45, 7) is 1.63. The fourth-order valence-corrected chi connectivity index (χ4v) is 2.14. The van der Waals surface area contributed by atoms with Gasteiger partial charge in [-0.1, -0.05) is 33.2 Å². The first-order chi connectivity index (χ1) is 8.83. The maximum absolute atomic E-state index is 5.51. The number of hydrogen-bond acceptors (Lipinski definition) is 5. The van der Waals surface area contributed by atoms with Gasteiger partial charge in [0.2, 0.25) is 5.82 Å². The van der Waals surface area contributed by atoms with Crippen molar-refractivity contribution in [3.8, 4) is 11.4 Å². The maximum Gasteiger partial charge on any atom is 0.258 e. The molecule has 0 amide bonds. The molecular weight excluding hydrogens is 300 g/mol. The van der Waals surface area contributed by atoms with Crippen LogP contribution in [0.4, 0.5) is 0 Å². The Hall–Kier alpha value is -1.24. The molecule has 0 saturated carbocycles. The summed E-state index contributed by atoms with van der Waals surface area (Å²) in [5, 5.41) is 3.96. The molecule has 1 fully saturated rings. The highest BCUT2D eigenvalue weighted by Gasteiger charge is 2.23. The van der Waals surface area contributed by atoms with E-state index in [1.165, 1.54) is 0 Å². The second kappa shape index (κ2) is 5.17. The molecule has 0 radical (unpaired) electrons. The lowest BCUT2D eigenvalue weighted by molar-refractivity contribution is -0.101. The molecule has 3 rings (SSSR count). The minimum Gasteiger partial charge on any atom is -0.376 e. The first kappa shape index (κ1) is 11.8.